The fourth-order valence-electron chi connectivity index (χ4n) is 3.34. The molecule has 0 aromatic heterocycles. The van der Waals surface area contributed by atoms with Gasteiger partial charge in [0, 0.05) is 22.0 Å². The summed E-state index contributed by atoms with van der Waals surface area (Å²) in [6, 6.07) is 4.82. The molecule has 0 N–H and O–H groups in total. The van der Waals surface area contributed by atoms with Crippen molar-refractivity contribution in [1.29, 1.82) is 5.26 Å². The van der Waals surface area contributed by atoms with Crippen LogP contribution in [0.2, 0.25) is 0 Å². The van der Waals surface area contributed by atoms with Crippen LogP contribution < -0.4 is 0 Å². The number of rotatable bonds is 2. The number of carbonyl (C=O) groups excluding carboxylic acids is 1. The summed E-state index contributed by atoms with van der Waals surface area (Å²) in [6.45, 7) is 0. The van der Waals surface area contributed by atoms with Crippen molar-refractivity contribution in [3.63, 3.8) is 0 Å². The molecular weight excluding hydrogens is 311 g/mol. The van der Waals surface area contributed by atoms with Crippen molar-refractivity contribution in [3.05, 3.63) is 34.9 Å². The van der Waals surface area contributed by atoms with E-state index in [1.54, 1.807) is 0 Å². The summed E-state index contributed by atoms with van der Waals surface area (Å²) in [5, 5.41) is 9.73. The van der Waals surface area contributed by atoms with Crippen molar-refractivity contribution in [2.45, 2.75) is 42.4 Å². The van der Waals surface area contributed by atoms with E-state index >= 15 is 0 Å². The van der Waals surface area contributed by atoms with Crippen molar-refractivity contribution in [1.82, 2.24) is 0 Å². The fraction of sp³-hybridized carbons (Fsp3) is 0.500. The van der Waals surface area contributed by atoms with E-state index in [0.29, 0.717) is 10.5 Å². The summed E-state index contributed by atoms with van der Waals surface area (Å²) in [6.07, 6.45) is -0.925. The lowest BCUT2D eigenvalue weighted by atomic mass is 9.89. The Morgan fingerprint density at radius 1 is 1.23 bits per heavy atom. The fourth-order valence-corrected chi connectivity index (χ4v) is 5.11. The highest BCUT2D eigenvalue weighted by Crippen LogP contribution is 2.46. The maximum atomic E-state index is 13.0. The van der Waals surface area contributed by atoms with Crippen molar-refractivity contribution in [2.75, 3.05) is 0 Å². The summed E-state index contributed by atoms with van der Waals surface area (Å²) < 4.78 is 39.0. The molecule has 2 nitrogen and oxygen atoms in total. The average Bonchev–Trinajstić information content (AvgIpc) is 2.83. The molecule has 2 heterocycles. The predicted octanol–water partition coefficient (Wildman–Crippen LogP) is 4.43. The Morgan fingerprint density at radius 2 is 1.86 bits per heavy atom. The van der Waals surface area contributed by atoms with Gasteiger partial charge in [0.1, 0.15) is 0 Å². The number of halogens is 3. The Balaban J connectivity index is 1.89. The molecule has 2 bridgehead atoms. The third-order valence-electron chi connectivity index (χ3n) is 4.39. The second kappa shape index (κ2) is 5.62. The first-order chi connectivity index (χ1) is 10.4. The number of thioether (sulfide) groups is 1. The van der Waals surface area contributed by atoms with Gasteiger partial charge in [-0.2, -0.15) is 30.2 Å². The van der Waals surface area contributed by atoms with E-state index in [9.17, 15) is 18.0 Å². The first-order valence-corrected chi connectivity index (χ1v) is 8.14. The van der Waals surface area contributed by atoms with Crippen LogP contribution in [0.3, 0.4) is 0 Å². The molecule has 0 radical (unpaired) electrons. The molecule has 0 saturated carbocycles. The van der Waals surface area contributed by atoms with Crippen molar-refractivity contribution in [2.24, 2.45) is 5.92 Å². The Labute approximate surface area is 130 Å². The first-order valence-electron chi connectivity index (χ1n) is 7.19. The zero-order valence-electron chi connectivity index (χ0n) is 11.7. The number of hydrogen-bond acceptors (Lipinski definition) is 3. The van der Waals surface area contributed by atoms with Gasteiger partial charge in [0.2, 0.25) is 0 Å². The number of alkyl halides is 3. The third kappa shape index (κ3) is 2.87. The zero-order chi connectivity index (χ0) is 15.9. The minimum Gasteiger partial charge on any atom is -0.294 e. The quantitative estimate of drug-likeness (QED) is 0.755. The number of nitrogens with zero attached hydrogens (tertiary/aromatic N) is 1. The van der Waals surface area contributed by atoms with Crippen LogP contribution in [0.25, 0.3) is 0 Å². The van der Waals surface area contributed by atoms with Gasteiger partial charge < -0.3 is 0 Å². The van der Waals surface area contributed by atoms with Crippen LogP contribution in [-0.2, 0) is 6.18 Å². The smallest absolute Gasteiger partial charge is 0.294 e. The Kier molecular flexibility index (Phi) is 3.94. The molecule has 6 heteroatoms. The number of fused-ring (bicyclic) bond motifs is 2. The molecule has 2 unspecified atom stereocenters. The lowest BCUT2D eigenvalue weighted by molar-refractivity contribution is -0.137. The molecule has 2 aliphatic heterocycles. The molecule has 22 heavy (non-hydrogen) atoms. The first kappa shape index (κ1) is 15.4. The van der Waals surface area contributed by atoms with Crippen LogP contribution in [0.1, 0.15) is 47.2 Å². The second-order valence-corrected chi connectivity index (χ2v) is 7.47. The summed E-state index contributed by atoms with van der Waals surface area (Å²) in [5.41, 5.74) is -1.39. The molecule has 0 amide bonds. The number of benzene rings is 1. The molecule has 3 rings (SSSR count). The molecule has 2 fully saturated rings. The summed E-state index contributed by atoms with van der Waals surface area (Å²) in [4.78, 5) is 12.5. The van der Waals surface area contributed by atoms with E-state index < -0.39 is 17.3 Å². The lowest BCUT2D eigenvalue weighted by Gasteiger charge is -2.26. The largest absolute Gasteiger partial charge is 0.417 e. The molecule has 116 valence electrons. The minimum absolute atomic E-state index is 0.0719. The van der Waals surface area contributed by atoms with Gasteiger partial charge in [-0.25, -0.2) is 0 Å². The van der Waals surface area contributed by atoms with Crippen LogP contribution in [0.4, 0.5) is 13.2 Å². The van der Waals surface area contributed by atoms with Crippen LogP contribution in [0, 0.1) is 17.2 Å². The summed E-state index contributed by atoms with van der Waals surface area (Å²) >= 11 is 1.91. The van der Waals surface area contributed by atoms with Gasteiger partial charge in [0.25, 0.3) is 0 Å². The topological polar surface area (TPSA) is 40.9 Å². The van der Waals surface area contributed by atoms with E-state index in [-0.39, 0.29) is 17.3 Å². The normalized spacial score (nSPS) is 27.5. The SMILES string of the molecule is N#Cc1ccc(C(=O)C2CC3CCC(C2)S3)cc1C(F)(F)F. The summed E-state index contributed by atoms with van der Waals surface area (Å²) in [5.74, 6) is -0.403. The van der Waals surface area contributed by atoms with Crippen LogP contribution >= 0.6 is 11.8 Å². The van der Waals surface area contributed by atoms with Crippen LogP contribution in [0.15, 0.2) is 18.2 Å². The Hall–Kier alpha value is -1.48. The van der Waals surface area contributed by atoms with Crippen molar-refractivity contribution < 1.29 is 18.0 Å². The number of ketones is 1. The monoisotopic (exact) mass is 325 g/mol. The van der Waals surface area contributed by atoms with Gasteiger partial charge in [-0.3, -0.25) is 4.79 Å². The molecule has 1 aromatic carbocycles. The molecule has 2 saturated heterocycles. The molecule has 2 atom stereocenters. The molecular formula is C16H14F3NOS. The van der Waals surface area contributed by atoms with E-state index in [0.717, 1.165) is 37.8 Å². The van der Waals surface area contributed by atoms with Crippen LogP contribution in [-0.4, -0.2) is 16.3 Å². The molecule has 0 spiro atoms. The highest BCUT2D eigenvalue weighted by atomic mass is 32.2. The Morgan fingerprint density at radius 3 is 2.41 bits per heavy atom. The number of nitriles is 1. The van der Waals surface area contributed by atoms with Gasteiger partial charge in [0.15, 0.2) is 5.78 Å². The number of carbonyl (C=O) groups is 1. The minimum atomic E-state index is -4.62. The highest BCUT2D eigenvalue weighted by molar-refractivity contribution is 8.00. The van der Waals surface area contributed by atoms with Gasteiger partial charge in [-0.05, 0) is 37.8 Å². The standard InChI is InChI=1S/C16H14F3NOS/c17-16(18,19)14-7-9(1-2-10(14)8-20)15(21)11-5-12-3-4-13(6-11)22-12/h1-2,7,11-13H,3-6H2. The van der Waals surface area contributed by atoms with Crippen molar-refractivity contribution in [3.8, 4) is 6.07 Å². The molecule has 1 aromatic rings. The lowest BCUT2D eigenvalue weighted by Crippen LogP contribution is -2.25. The van der Waals surface area contributed by atoms with E-state index in [1.807, 2.05) is 11.8 Å². The highest BCUT2D eigenvalue weighted by Gasteiger charge is 2.39. The maximum absolute atomic E-state index is 13.0. The van der Waals surface area contributed by atoms with E-state index in [2.05, 4.69) is 0 Å². The van der Waals surface area contributed by atoms with Gasteiger partial charge in [-0.15, -0.1) is 0 Å². The molecule has 2 aliphatic rings. The van der Waals surface area contributed by atoms with Crippen LogP contribution in [0.5, 0.6) is 0 Å². The van der Waals surface area contributed by atoms with Crippen molar-refractivity contribution >= 4 is 17.5 Å². The van der Waals surface area contributed by atoms with Gasteiger partial charge in [0.05, 0.1) is 17.2 Å². The average molecular weight is 325 g/mol. The van der Waals surface area contributed by atoms with Gasteiger partial charge >= 0.3 is 6.18 Å². The van der Waals surface area contributed by atoms with E-state index in [4.69, 9.17) is 5.26 Å². The predicted molar refractivity (Wildman–Crippen MR) is 77.6 cm³/mol. The maximum Gasteiger partial charge on any atom is 0.417 e. The summed E-state index contributed by atoms with van der Waals surface area (Å²) in [7, 11) is 0. The number of hydrogen-bond donors (Lipinski definition) is 0. The number of Topliss-reactive ketones (excluding diaryl/α,β-unsaturated/α-hetero) is 1. The van der Waals surface area contributed by atoms with Gasteiger partial charge in [-0.1, -0.05) is 6.07 Å². The third-order valence-corrected chi connectivity index (χ3v) is 6.02. The Bertz CT molecular complexity index is 638. The second-order valence-electron chi connectivity index (χ2n) is 5.86. The van der Waals surface area contributed by atoms with E-state index in [1.165, 1.54) is 12.1 Å². The zero-order valence-corrected chi connectivity index (χ0v) is 12.5. The molecule has 0 aliphatic carbocycles.